The van der Waals surface area contributed by atoms with Gasteiger partial charge in [-0.3, -0.25) is 4.79 Å². The van der Waals surface area contributed by atoms with Gasteiger partial charge in [0, 0.05) is 11.6 Å². The molecule has 1 N–H and O–H groups in total. The zero-order chi connectivity index (χ0) is 11.7. The van der Waals surface area contributed by atoms with Gasteiger partial charge in [-0.1, -0.05) is 0 Å². The summed E-state index contributed by atoms with van der Waals surface area (Å²) in [5, 5.41) is 3.95. The van der Waals surface area contributed by atoms with Gasteiger partial charge in [-0.25, -0.2) is 4.98 Å². The molecule has 7 heteroatoms. The van der Waals surface area contributed by atoms with Crippen LogP contribution in [0.4, 0.5) is 13.2 Å². The van der Waals surface area contributed by atoms with Crippen LogP contribution in [0.2, 0.25) is 0 Å². The number of nitrogens with one attached hydrogen (secondary N) is 1. The van der Waals surface area contributed by atoms with E-state index in [4.69, 9.17) is 0 Å². The normalized spacial score (nSPS) is 12.6. The number of amides is 1. The summed E-state index contributed by atoms with van der Waals surface area (Å²) in [6.07, 6.45) is -3.39. The molecule has 0 unspecified atom stereocenters. The maximum atomic E-state index is 12.0. The molecule has 15 heavy (non-hydrogen) atoms. The molecule has 0 aliphatic carbocycles. The second kappa shape index (κ2) is 3.80. The number of hydrogen-bond acceptors (Lipinski definition) is 3. The molecule has 0 aromatic carbocycles. The van der Waals surface area contributed by atoms with Crippen molar-refractivity contribution in [2.45, 2.75) is 25.6 Å². The van der Waals surface area contributed by atoms with Crippen molar-refractivity contribution in [2.24, 2.45) is 0 Å². The third-order valence-corrected chi connectivity index (χ3v) is 2.75. The molecule has 0 atom stereocenters. The summed E-state index contributed by atoms with van der Waals surface area (Å²) >= 11 is 1.19. The Balaban J connectivity index is 2.78. The van der Waals surface area contributed by atoms with Crippen LogP contribution in [0.1, 0.15) is 18.9 Å². The molecule has 0 saturated heterocycles. The highest BCUT2D eigenvalue weighted by molar-refractivity contribution is 7.09. The van der Waals surface area contributed by atoms with Crippen LogP contribution < -0.4 is 5.32 Å². The summed E-state index contributed by atoms with van der Waals surface area (Å²) < 4.78 is 36.0. The van der Waals surface area contributed by atoms with Crippen LogP contribution in [0.3, 0.4) is 0 Å². The van der Waals surface area contributed by atoms with E-state index >= 15 is 0 Å². The van der Waals surface area contributed by atoms with Crippen molar-refractivity contribution >= 4 is 17.2 Å². The van der Waals surface area contributed by atoms with Crippen LogP contribution in [0, 0.1) is 0 Å². The standard InChI is InChI=1S/C8H9F3N2OS/c1-7(2,6-12-3-4-15-6)13-5(14)8(9,10)11/h3-4H,1-2H3,(H,13,14). The van der Waals surface area contributed by atoms with E-state index in [0.717, 1.165) is 0 Å². The number of halogens is 3. The summed E-state index contributed by atoms with van der Waals surface area (Å²) in [5.41, 5.74) is -1.11. The largest absolute Gasteiger partial charge is 0.471 e. The molecule has 3 nitrogen and oxygen atoms in total. The monoisotopic (exact) mass is 238 g/mol. The maximum Gasteiger partial charge on any atom is 0.471 e. The van der Waals surface area contributed by atoms with E-state index in [1.54, 1.807) is 5.38 Å². The van der Waals surface area contributed by atoms with Crippen LogP contribution in [-0.4, -0.2) is 17.1 Å². The number of aromatic nitrogens is 1. The predicted octanol–water partition coefficient (Wildman–Crippen LogP) is 2.06. The van der Waals surface area contributed by atoms with Crippen molar-refractivity contribution < 1.29 is 18.0 Å². The molecule has 0 spiro atoms. The number of alkyl halides is 3. The van der Waals surface area contributed by atoms with Gasteiger partial charge in [-0.05, 0) is 13.8 Å². The highest BCUT2D eigenvalue weighted by Gasteiger charge is 2.42. The topological polar surface area (TPSA) is 42.0 Å². The lowest BCUT2D eigenvalue weighted by molar-refractivity contribution is -0.175. The Bertz CT molecular complexity index is 345. The van der Waals surface area contributed by atoms with Crippen LogP contribution in [0.5, 0.6) is 0 Å². The van der Waals surface area contributed by atoms with Gasteiger partial charge in [0.15, 0.2) is 0 Å². The molecule has 1 rings (SSSR count). The Morgan fingerprint density at radius 2 is 2.07 bits per heavy atom. The van der Waals surface area contributed by atoms with Crippen molar-refractivity contribution in [3.05, 3.63) is 16.6 Å². The van der Waals surface area contributed by atoms with Gasteiger partial charge in [0.05, 0.1) is 5.54 Å². The molecular formula is C8H9F3N2OS. The molecule has 0 saturated carbocycles. The van der Waals surface area contributed by atoms with Gasteiger partial charge in [0.1, 0.15) is 5.01 Å². The van der Waals surface area contributed by atoms with Crippen LogP contribution in [0.25, 0.3) is 0 Å². The Morgan fingerprint density at radius 1 is 1.47 bits per heavy atom. The smallest absolute Gasteiger partial charge is 0.337 e. The van der Waals surface area contributed by atoms with Crippen LogP contribution in [-0.2, 0) is 10.3 Å². The number of nitrogens with zero attached hydrogens (tertiary/aromatic N) is 1. The predicted molar refractivity (Wildman–Crippen MR) is 49.3 cm³/mol. The van der Waals surface area contributed by atoms with Gasteiger partial charge >= 0.3 is 12.1 Å². The lowest BCUT2D eigenvalue weighted by Crippen LogP contribution is -2.47. The molecule has 1 heterocycles. The van der Waals surface area contributed by atoms with Gasteiger partial charge in [0.25, 0.3) is 0 Å². The first-order chi connectivity index (χ1) is 6.73. The van der Waals surface area contributed by atoms with Gasteiger partial charge in [-0.2, -0.15) is 13.2 Å². The number of thiazole rings is 1. The summed E-state index contributed by atoms with van der Waals surface area (Å²) in [6, 6.07) is 0. The van der Waals surface area contributed by atoms with Gasteiger partial charge < -0.3 is 5.32 Å². The molecule has 1 aromatic heterocycles. The number of hydrogen-bond donors (Lipinski definition) is 1. The minimum Gasteiger partial charge on any atom is -0.337 e. The Kier molecular flexibility index (Phi) is 3.03. The molecular weight excluding hydrogens is 229 g/mol. The zero-order valence-corrected chi connectivity index (χ0v) is 8.87. The second-order valence-electron chi connectivity index (χ2n) is 3.41. The van der Waals surface area contributed by atoms with Crippen LogP contribution >= 0.6 is 11.3 Å². The fraction of sp³-hybridized carbons (Fsp3) is 0.500. The number of carbonyl (C=O) groups excluding carboxylic acids is 1. The highest BCUT2D eigenvalue weighted by atomic mass is 32.1. The molecule has 0 radical (unpaired) electrons. The minimum absolute atomic E-state index is 0.431. The highest BCUT2D eigenvalue weighted by Crippen LogP contribution is 2.24. The van der Waals surface area contributed by atoms with E-state index < -0.39 is 17.6 Å². The van der Waals surface area contributed by atoms with Gasteiger partial charge in [-0.15, -0.1) is 11.3 Å². The molecule has 84 valence electrons. The maximum absolute atomic E-state index is 12.0. The van der Waals surface area contributed by atoms with Crippen molar-refractivity contribution in [2.75, 3.05) is 0 Å². The molecule has 1 aromatic rings. The van der Waals surface area contributed by atoms with E-state index in [1.807, 2.05) is 5.32 Å². The lowest BCUT2D eigenvalue weighted by atomic mass is 10.1. The molecule has 0 fully saturated rings. The number of carbonyl (C=O) groups is 1. The summed E-state index contributed by atoms with van der Waals surface area (Å²) in [4.78, 5) is 14.6. The van der Waals surface area contributed by atoms with E-state index in [9.17, 15) is 18.0 Å². The van der Waals surface area contributed by atoms with Crippen LogP contribution in [0.15, 0.2) is 11.6 Å². The second-order valence-corrected chi connectivity index (χ2v) is 4.31. The van der Waals surface area contributed by atoms with E-state index in [0.29, 0.717) is 5.01 Å². The Labute approximate surface area is 88.3 Å². The zero-order valence-electron chi connectivity index (χ0n) is 8.05. The summed E-state index contributed by atoms with van der Waals surface area (Å²) in [5.74, 6) is -1.96. The fourth-order valence-electron chi connectivity index (χ4n) is 0.940. The van der Waals surface area contributed by atoms with E-state index in [2.05, 4.69) is 4.98 Å². The molecule has 1 amide bonds. The molecule has 0 bridgehead atoms. The summed E-state index contributed by atoms with van der Waals surface area (Å²) in [6.45, 7) is 2.94. The minimum atomic E-state index is -4.87. The lowest BCUT2D eigenvalue weighted by Gasteiger charge is -2.24. The van der Waals surface area contributed by atoms with E-state index in [-0.39, 0.29) is 0 Å². The Morgan fingerprint density at radius 3 is 2.47 bits per heavy atom. The molecule has 0 aliphatic heterocycles. The summed E-state index contributed by atoms with van der Waals surface area (Å²) in [7, 11) is 0. The SMILES string of the molecule is CC(C)(NC(=O)C(F)(F)F)c1nccs1. The third-order valence-electron chi connectivity index (χ3n) is 1.65. The first-order valence-corrected chi connectivity index (χ1v) is 4.91. The number of rotatable bonds is 2. The van der Waals surface area contributed by atoms with Crippen molar-refractivity contribution in [3.8, 4) is 0 Å². The fourth-order valence-corrected chi connectivity index (χ4v) is 1.66. The van der Waals surface area contributed by atoms with Crippen molar-refractivity contribution in [1.82, 2.24) is 10.3 Å². The quantitative estimate of drug-likeness (QED) is 0.856. The average Bonchev–Trinajstić information content (AvgIpc) is 2.52. The third kappa shape index (κ3) is 2.92. The molecule has 0 aliphatic rings. The van der Waals surface area contributed by atoms with E-state index in [1.165, 1.54) is 31.4 Å². The first-order valence-electron chi connectivity index (χ1n) is 4.03. The Hall–Kier alpha value is -1.11. The average molecular weight is 238 g/mol. The van der Waals surface area contributed by atoms with Gasteiger partial charge in [0.2, 0.25) is 0 Å². The van der Waals surface area contributed by atoms with Crippen molar-refractivity contribution in [1.29, 1.82) is 0 Å². The van der Waals surface area contributed by atoms with Crippen molar-refractivity contribution in [3.63, 3.8) is 0 Å². The first kappa shape index (κ1) is 12.0.